The summed E-state index contributed by atoms with van der Waals surface area (Å²) in [5.74, 6) is -0.900. The Bertz CT molecular complexity index is 1150. The number of anilines is 2. The lowest BCUT2D eigenvalue weighted by molar-refractivity contribution is 0.102. The number of carbonyl (C=O) groups is 2. The van der Waals surface area contributed by atoms with Gasteiger partial charge in [0.1, 0.15) is 10.8 Å². The molecule has 10 heteroatoms. The smallest absolute Gasteiger partial charge is 0.321 e. The van der Waals surface area contributed by atoms with E-state index >= 15 is 0 Å². The van der Waals surface area contributed by atoms with Crippen LogP contribution in [-0.2, 0) is 0 Å². The van der Waals surface area contributed by atoms with Crippen molar-refractivity contribution in [1.29, 1.82) is 0 Å². The predicted molar refractivity (Wildman–Crippen MR) is 123 cm³/mol. The van der Waals surface area contributed by atoms with Gasteiger partial charge in [-0.15, -0.1) is 10.2 Å². The summed E-state index contributed by atoms with van der Waals surface area (Å²) in [5, 5.41) is 15.0. The van der Waals surface area contributed by atoms with E-state index in [4.69, 9.17) is 11.6 Å². The van der Waals surface area contributed by atoms with E-state index < -0.39 is 11.7 Å². The molecular formula is C22H21ClFN5O2S. The number of hydrogen-bond acceptors (Lipinski definition) is 5. The van der Waals surface area contributed by atoms with E-state index in [1.54, 1.807) is 23.1 Å². The molecule has 2 heterocycles. The Morgan fingerprint density at radius 3 is 2.81 bits per heavy atom. The van der Waals surface area contributed by atoms with Gasteiger partial charge >= 0.3 is 6.03 Å². The van der Waals surface area contributed by atoms with E-state index in [0.717, 1.165) is 18.4 Å². The predicted octanol–water partition coefficient (Wildman–Crippen LogP) is 5.30. The summed E-state index contributed by atoms with van der Waals surface area (Å²) in [7, 11) is 0. The van der Waals surface area contributed by atoms with Crippen LogP contribution >= 0.6 is 22.9 Å². The van der Waals surface area contributed by atoms with E-state index in [1.165, 1.54) is 29.5 Å². The molecule has 7 nitrogen and oxygen atoms in total. The topological polar surface area (TPSA) is 87.2 Å². The normalized spacial score (nSPS) is 16.0. The maximum absolute atomic E-state index is 13.3. The van der Waals surface area contributed by atoms with Gasteiger partial charge in [-0.25, -0.2) is 9.18 Å². The fourth-order valence-corrected chi connectivity index (χ4v) is 4.67. The van der Waals surface area contributed by atoms with E-state index in [0.29, 0.717) is 34.5 Å². The molecule has 1 aliphatic rings. The van der Waals surface area contributed by atoms with Gasteiger partial charge in [-0.05, 0) is 55.7 Å². The molecule has 1 aliphatic heterocycles. The van der Waals surface area contributed by atoms with Gasteiger partial charge in [0.15, 0.2) is 0 Å². The number of hydrogen-bond donors (Lipinski definition) is 2. The molecular weight excluding hydrogens is 453 g/mol. The SMILES string of the molecule is Cc1ccc(NC(=O)N2CCC[C@@H](c3nnc(C(=O)Nc4cccc(F)c4)s3)C2)c(Cl)c1. The van der Waals surface area contributed by atoms with Gasteiger partial charge < -0.3 is 15.5 Å². The minimum Gasteiger partial charge on any atom is -0.324 e. The fourth-order valence-electron chi connectivity index (χ4n) is 3.52. The quantitative estimate of drug-likeness (QED) is 0.538. The van der Waals surface area contributed by atoms with E-state index in [-0.39, 0.29) is 17.0 Å². The molecule has 1 saturated heterocycles. The maximum atomic E-state index is 13.3. The molecule has 1 aromatic heterocycles. The van der Waals surface area contributed by atoms with Crippen LogP contribution in [0.2, 0.25) is 5.02 Å². The molecule has 0 radical (unpaired) electrons. The largest absolute Gasteiger partial charge is 0.324 e. The van der Waals surface area contributed by atoms with Crippen molar-refractivity contribution in [2.45, 2.75) is 25.7 Å². The molecule has 1 fully saturated rings. The van der Waals surface area contributed by atoms with E-state index in [9.17, 15) is 14.0 Å². The van der Waals surface area contributed by atoms with Crippen LogP contribution in [-0.4, -0.2) is 40.1 Å². The number of likely N-dealkylation sites (tertiary alicyclic amines) is 1. The second-order valence-corrected chi connectivity index (χ2v) is 9.02. The summed E-state index contributed by atoms with van der Waals surface area (Å²) >= 11 is 7.41. The molecule has 3 aromatic rings. The van der Waals surface area contributed by atoms with Gasteiger partial charge in [0.25, 0.3) is 5.91 Å². The zero-order valence-electron chi connectivity index (χ0n) is 17.3. The number of benzene rings is 2. The Balaban J connectivity index is 1.39. The molecule has 0 aliphatic carbocycles. The first-order valence-corrected chi connectivity index (χ1v) is 11.3. The van der Waals surface area contributed by atoms with Gasteiger partial charge in [-0.3, -0.25) is 4.79 Å². The molecule has 0 saturated carbocycles. The number of aromatic nitrogens is 2. The van der Waals surface area contributed by atoms with Crippen LogP contribution in [0.15, 0.2) is 42.5 Å². The molecule has 1 atom stereocenters. The van der Waals surface area contributed by atoms with Crippen LogP contribution in [0.5, 0.6) is 0 Å². The van der Waals surface area contributed by atoms with Crippen LogP contribution in [0.4, 0.5) is 20.6 Å². The molecule has 0 bridgehead atoms. The highest BCUT2D eigenvalue weighted by atomic mass is 35.5. The number of amides is 3. The highest BCUT2D eigenvalue weighted by Crippen LogP contribution is 2.30. The average molecular weight is 474 g/mol. The lowest BCUT2D eigenvalue weighted by atomic mass is 9.99. The van der Waals surface area contributed by atoms with Crippen molar-refractivity contribution in [2.75, 3.05) is 23.7 Å². The third-order valence-electron chi connectivity index (χ3n) is 5.14. The van der Waals surface area contributed by atoms with Crippen LogP contribution in [0.3, 0.4) is 0 Å². The van der Waals surface area contributed by atoms with Gasteiger partial charge in [-0.2, -0.15) is 0 Å². The fraction of sp³-hybridized carbons (Fsp3) is 0.273. The van der Waals surface area contributed by atoms with Crippen molar-refractivity contribution in [1.82, 2.24) is 15.1 Å². The number of rotatable bonds is 4. The summed E-state index contributed by atoms with van der Waals surface area (Å²) in [6.07, 6.45) is 1.65. The third kappa shape index (κ3) is 5.23. The number of carbonyl (C=O) groups excluding carboxylic acids is 2. The molecule has 0 spiro atoms. The maximum Gasteiger partial charge on any atom is 0.321 e. The van der Waals surface area contributed by atoms with Crippen molar-refractivity contribution < 1.29 is 14.0 Å². The molecule has 166 valence electrons. The highest BCUT2D eigenvalue weighted by molar-refractivity contribution is 7.13. The van der Waals surface area contributed by atoms with Gasteiger partial charge in [0.2, 0.25) is 5.01 Å². The Labute approximate surface area is 193 Å². The first kappa shape index (κ1) is 22.2. The number of piperidine rings is 1. The van der Waals surface area contributed by atoms with E-state index in [1.807, 2.05) is 13.0 Å². The first-order valence-electron chi connectivity index (χ1n) is 10.1. The van der Waals surface area contributed by atoms with E-state index in [2.05, 4.69) is 20.8 Å². The Hall–Kier alpha value is -3.04. The van der Waals surface area contributed by atoms with Crippen LogP contribution in [0.25, 0.3) is 0 Å². The number of aryl methyl sites for hydroxylation is 1. The minimum absolute atomic E-state index is 0.0174. The summed E-state index contributed by atoms with van der Waals surface area (Å²) in [5.41, 5.74) is 1.93. The Kier molecular flexibility index (Phi) is 6.66. The number of nitrogens with one attached hydrogen (secondary N) is 2. The van der Waals surface area contributed by atoms with Gasteiger partial charge in [0, 0.05) is 24.7 Å². The standard InChI is InChI=1S/C22H21ClFN5O2S/c1-13-7-8-18(17(23)10-13)26-22(31)29-9-3-4-14(12-29)20-27-28-21(32-20)19(30)25-16-6-2-5-15(24)11-16/h2,5-8,10-11,14H,3-4,9,12H2,1H3,(H,25,30)(H,26,31)/t14-/m1/s1. The molecule has 32 heavy (non-hydrogen) atoms. The van der Waals surface area contributed by atoms with Crippen molar-refractivity contribution >= 4 is 46.3 Å². The second kappa shape index (κ2) is 9.62. The van der Waals surface area contributed by atoms with Crippen LogP contribution < -0.4 is 10.6 Å². The number of nitrogens with zero attached hydrogens (tertiary/aromatic N) is 3. The summed E-state index contributed by atoms with van der Waals surface area (Å²) in [6.45, 7) is 3.02. The van der Waals surface area contributed by atoms with Crippen molar-refractivity contribution in [2.24, 2.45) is 0 Å². The first-order chi connectivity index (χ1) is 15.4. The molecule has 4 rings (SSSR count). The number of halogens is 2. The zero-order chi connectivity index (χ0) is 22.7. The molecule has 2 N–H and O–H groups in total. The van der Waals surface area contributed by atoms with Crippen molar-refractivity contribution in [3.63, 3.8) is 0 Å². The lowest BCUT2D eigenvalue weighted by Crippen LogP contribution is -2.41. The Morgan fingerprint density at radius 1 is 1.19 bits per heavy atom. The van der Waals surface area contributed by atoms with Crippen LogP contribution in [0, 0.1) is 12.7 Å². The van der Waals surface area contributed by atoms with Crippen molar-refractivity contribution in [3.05, 3.63) is 68.9 Å². The van der Waals surface area contributed by atoms with Crippen LogP contribution in [0.1, 0.15) is 39.1 Å². The summed E-state index contributed by atoms with van der Waals surface area (Å²) in [4.78, 5) is 26.9. The monoisotopic (exact) mass is 473 g/mol. The average Bonchev–Trinajstić information content (AvgIpc) is 3.26. The Morgan fingerprint density at radius 2 is 2.03 bits per heavy atom. The second-order valence-electron chi connectivity index (χ2n) is 7.61. The lowest BCUT2D eigenvalue weighted by Gasteiger charge is -2.31. The zero-order valence-corrected chi connectivity index (χ0v) is 18.8. The van der Waals surface area contributed by atoms with Crippen molar-refractivity contribution in [3.8, 4) is 0 Å². The third-order valence-corrected chi connectivity index (χ3v) is 6.54. The molecule has 3 amide bonds. The highest BCUT2D eigenvalue weighted by Gasteiger charge is 2.28. The summed E-state index contributed by atoms with van der Waals surface area (Å²) in [6, 6.07) is 10.9. The summed E-state index contributed by atoms with van der Waals surface area (Å²) < 4.78 is 13.3. The van der Waals surface area contributed by atoms with Gasteiger partial charge in [0.05, 0.1) is 10.7 Å². The van der Waals surface area contributed by atoms with Gasteiger partial charge in [-0.1, -0.05) is 35.1 Å². The minimum atomic E-state index is -0.446. The number of urea groups is 1. The molecule has 0 unspecified atom stereocenters. The molecule has 2 aromatic carbocycles.